The lowest BCUT2D eigenvalue weighted by Gasteiger charge is -2.14. The van der Waals surface area contributed by atoms with E-state index in [0.717, 1.165) is 22.5 Å². The van der Waals surface area contributed by atoms with Crippen molar-refractivity contribution >= 4 is 23.7 Å². The summed E-state index contributed by atoms with van der Waals surface area (Å²) in [5.74, 6) is -0.0863. The molecule has 2 amide bonds. The molecule has 1 heterocycles. The van der Waals surface area contributed by atoms with Gasteiger partial charge in [-0.2, -0.15) is 5.10 Å². The molecule has 0 aliphatic rings. The number of aromatic nitrogens is 2. The molecule has 1 aromatic heterocycles. The van der Waals surface area contributed by atoms with Crippen LogP contribution in [0.4, 0.5) is 5.82 Å². The molecule has 0 saturated carbocycles. The van der Waals surface area contributed by atoms with E-state index in [-0.39, 0.29) is 23.8 Å². The van der Waals surface area contributed by atoms with Crippen molar-refractivity contribution in [2.75, 3.05) is 11.9 Å². The van der Waals surface area contributed by atoms with Crippen LogP contribution in [0.15, 0.2) is 66.7 Å². The number of aryl methyl sites for hydroxylation is 1. The molecule has 6 nitrogen and oxygen atoms in total. The number of nitrogens with zero attached hydrogens (tertiary/aromatic N) is 2. The van der Waals surface area contributed by atoms with Gasteiger partial charge >= 0.3 is 0 Å². The number of rotatable bonds is 6. The number of carbonyl (C=O) groups is 2. The number of hydrogen-bond acceptors (Lipinski definition) is 3. The van der Waals surface area contributed by atoms with E-state index in [1.807, 2.05) is 67.6 Å². The third-order valence-electron chi connectivity index (χ3n) is 4.74. The van der Waals surface area contributed by atoms with Crippen LogP contribution in [-0.2, 0) is 15.0 Å². The Balaban J connectivity index is 1.70. The molecular weight excluding hydrogens is 388 g/mol. The molecule has 3 aromatic rings. The number of hydrogen-bond donors (Lipinski definition) is 2. The highest BCUT2D eigenvalue weighted by Gasteiger charge is 2.22. The lowest BCUT2D eigenvalue weighted by Crippen LogP contribution is -2.32. The molecule has 0 aliphatic heterocycles. The van der Waals surface area contributed by atoms with Crippen LogP contribution in [0.5, 0.6) is 0 Å². The largest absolute Gasteiger partial charge is 0.343 e. The summed E-state index contributed by atoms with van der Waals surface area (Å²) in [5.41, 5.74) is 3.54. The Labute approximate surface area is 183 Å². The van der Waals surface area contributed by atoms with Crippen molar-refractivity contribution in [1.29, 1.82) is 0 Å². The van der Waals surface area contributed by atoms with E-state index in [1.165, 1.54) is 6.08 Å². The second kappa shape index (κ2) is 9.43. The minimum absolute atomic E-state index is 0.137. The van der Waals surface area contributed by atoms with E-state index in [2.05, 4.69) is 31.4 Å². The first-order valence-electron chi connectivity index (χ1n) is 10.2. The summed E-state index contributed by atoms with van der Waals surface area (Å²) in [6.07, 6.45) is 3.12. The Morgan fingerprint density at radius 2 is 1.71 bits per heavy atom. The van der Waals surface area contributed by atoms with Crippen LogP contribution in [0.1, 0.15) is 37.6 Å². The maximum absolute atomic E-state index is 12.5. The highest BCUT2D eigenvalue weighted by atomic mass is 16.2. The second-order valence-corrected chi connectivity index (χ2v) is 8.37. The number of amides is 2. The lowest BCUT2D eigenvalue weighted by atomic mass is 9.92. The van der Waals surface area contributed by atoms with Crippen molar-refractivity contribution in [1.82, 2.24) is 15.1 Å². The summed E-state index contributed by atoms with van der Waals surface area (Å²) >= 11 is 0. The normalized spacial score (nSPS) is 11.5. The van der Waals surface area contributed by atoms with Crippen LogP contribution in [0, 0.1) is 6.92 Å². The fraction of sp³-hybridized carbons (Fsp3) is 0.240. The monoisotopic (exact) mass is 416 g/mol. The van der Waals surface area contributed by atoms with Gasteiger partial charge in [-0.25, -0.2) is 4.68 Å². The van der Waals surface area contributed by atoms with Gasteiger partial charge in [0.05, 0.1) is 17.9 Å². The molecule has 0 bridgehead atoms. The van der Waals surface area contributed by atoms with Crippen molar-refractivity contribution in [3.05, 3.63) is 83.6 Å². The Morgan fingerprint density at radius 3 is 2.39 bits per heavy atom. The van der Waals surface area contributed by atoms with Crippen LogP contribution in [-0.4, -0.2) is 28.1 Å². The van der Waals surface area contributed by atoms with Gasteiger partial charge in [0, 0.05) is 17.6 Å². The summed E-state index contributed by atoms with van der Waals surface area (Å²) < 4.78 is 1.74. The highest BCUT2D eigenvalue weighted by Crippen LogP contribution is 2.27. The predicted molar refractivity (Wildman–Crippen MR) is 124 cm³/mol. The average molecular weight is 417 g/mol. The van der Waals surface area contributed by atoms with Gasteiger partial charge in [-0.15, -0.1) is 0 Å². The standard InChI is InChI=1S/C25H28N4O2/c1-18-10-8-9-13-20(18)29-22(16-21(28-29)25(2,3)4)27-24(31)17-26-23(30)15-14-19-11-6-5-7-12-19/h5-16H,17H2,1-4H3,(H,26,30)(H,27,31)/b15-14+. The van der Waals surface area contributed by atoms with E-state index in [9.17, 15) is 9.59 Å². The van der Waals surface area contributed by atoms with Crippen molar-refractivity contribution in [2.24, 2.45) is 0 Å². The molecule has 0 spiro atoms. The van der Waals surface area contributed by atoms with Gasteiger partial charge in [0.1, 0.15) is 5.82 Å². The van der Waals surface area contributed by atoms with E-state index < -0.39 is 0 Å². The fourth-order valence-electron chi connectivity index (χ4n) is 2.97. The zero-order valence-electron chi connectivity index (χ0n) is 18.3. The third kappa shape index (κ3) is 5.92. The SMILES string of the molecule is Cc1ccccc1-n1nc(C(C)(C)C)cc1NC(=O)CNC(=O)/C=C/c1ccccc1. The fourth-order valence-corrected chi connectivity index (χ4v) is 2.97. The number of benzene rings is 2. The molecule has 3 rings (SSSR count). The highest BCUT2D eigenvalue weighted by molar-refractivity contribution is 5.97. The van der Waals surface area contributed by atoms with E-state index in [1.54, 1.807) is 10.8 Å². The van der Waals surface area contributed by atoms with Crippen molar-refractivity contribution in [3.63, 3.8) is 0 Å². The molecule has 160 valence electrons. The van der Waals surface area contributed by atoms with Gasteiger partial charge in [-0.3, -0.25) is 9.59 Å². The molecule has 0 radical (unpaired) electrons. The van der Waals surface area contributed by atoms with Crippen LogP contribution >= 0.6 is 0 Å². The number of para-hydroxylation sites is 1. The van der Waals surface area contributed by atoms with Gasteiger partial charge in [-0.1, -0.05) is 69.3 Å². The van der Waals surface area contributed by atoms with Gasteiger partial charge in [-0.05, 0) is 30.2 Å². The molecule has 31 heavy (non-hydrogen) atoms. The summed E-state index contributed by atoms with van der Waals surface area (Å²) in [4.78, 5) is 24.6. The number of anilines is 1. The predicted octanol–water partition coefficient (Wildman–Crippen LogP) is 4.25. The van der Waals surface area contributed by atoms with Crippen molar-refractivity contribution in [2.45, 2.75) is 33.1 Å². The minimum atomic E-state index is -0.332. The first-order valence-corrected chi connectivity index (χ1v) is 10.2. The molecular formula is C25H28N4O2. The average Bonchev–Trinajstić information content (AvgIpc) is 3.16. The van der Waals surface area contributed by atoms with Gasteiger partial charge in [0.15, 0.2) is 0 Å². The maximum Gasteiger partial charge on any atom is 0.244 e. The Hall–Kier alpha value is -3.67. The lowest BCUT2D eigenvalue weighted by molar-refractivity contribution is -0.121. The van der Waals surface area contributed by atoms with Gasteiger partial charge in [0.25, 0.3) is 0 Å². The zero-order valence-corrected chi connectivity index (χ0v) is 18.3. The summed E-state index contributed by atoms with van der Waals surface area (Å²) in [6, 6.07) is 19.2. The molecule has 0 fully saturated rings. The number of nitrogens with one attached hydrogen (secondary N) is 2. The smallest absolute Gasteiger partial charge is 0.244 e. The van der Waals surface area contributed by atoms with E-state index in [4.69, 9.17) is 5.10 Å². The number of carbonyl (C=O) groups excluding carboxylic acids is 2. The van der Waals surface area contributed by atoms with Crippen LogP contribution in [0.25, 0.3) is 11.8 Å². The van der Waals surface area contributed by atoms with Crippen molar-refractivity contribution in [3.8, 4) is 5.69 Å². The zero-order chi connectivity index (χ0) is 22.4. The maximum atomic E-state index is 12.5. The Morgan fingerprint density at radius 1 is 1.03 bits per heavy atom. The van der Waals surface area contributed by atoms with Gasteiger partial charge < -0.3 is 10.6 Å². The van der Waals surface area contributed by atoms with E-state index >= 15 is 0 Å². The molecule has 6 heteroatoms. The molecule has 2 aromatic carbocycles. The molecule has 0 saturated heterocycles. The van der Waals surface area contributed by atoms with E-state index in [0.29, 0.717) is 5.82 Å². The summed E-state index contributed by atoms with van der Waals surface area (Å²) in [6.45, 7) is 8.08. The van der Waals surface area contributed by atoms with Crippen molar-refractivity contribution < 1.29 is 9.59 Å². The quantitative estimate of drug-likeness (QED) is 0.590. The Bertz CT molecular complexity index is 1090. The minimum Gasteiger partial charge on any atom is -0.343 e. The third-order valence-corrected chi connectivity index (χ3v) is 4.74. The molecule has 0 aliphatic carbocycles. The topological polar surface area (TPSA) is 76.0 Å². The van der Waals surface area contributed by atoms with Crippen LogP contribution < -0.4 is 10.6 Å². The first kappa shape index (κ1) is 22.0. The second-order valence-electron chi connectivity index (χ2n) is 8.37. The molecule has 0 atom stereocenters. The van der Waals surface area contributed by atoms with Crippen LogP contribution in [0.3, 0.4) is 0 Å². The summed E-state index contributed by atoms with van der Waals surface area (Å²) in [7, 11) is 0. The molecule has 0 unspecified atom stereocenters. The Kier molecular flexibility index (Phi) is 6.70. The van der Waals surface area contributed by atoms with Crippen LogP contribution in [0.2, 0.25) is 0 Å². The van der Waals surface area contributed by atoms with Gasteiger partial charge in [0.2, 0.25) is 11.8 Å². The first-order chi connectivity index (χ1) is 14.7. The molecule has 2 N–H and O–H groups in total. The summed E-state index contributed by atoms with van der Waals surface area (Å²) in [5, 5.41) is 10.2.